The highest BCUT2D eigenvalue weighted by Crippen LogP contribution is 2.31. The van der Waals surface area contributed by atoms with Crippen molar-refractivity contribution >= 4 is 5.91 Å². The molecule has 0 aromatic carbocycles. The lowest BCUT2D eigenvalue weighted by molar-refractivity contribution is -0.138. The van der Waals surface area contributed by atoms with Gasteiger partial charge >= 0.3 is 6.18 Å². The summed E-state index contributed by atoms with van der Waals surface area (Å²) in [7, 11) is 0. The van der Waals surface area contributed by atoms with Gasteiger partial charge in [0.25, 0.3) is 5.91 Å². The van der Waals surface area contributed by atoms with Crippen LogP contribution >= 0.6 is 0 Å². The first kappa shape index (κ1) is 14.4. The van der Waals surface area contributed by atoms with Crippen LogP contribution in [0.3, 0.4) is 0 Å². The van der Waals surface area contributed by atoms with Crippen LogP contribution in [-0.4, -0.2) is 22.4 Å². The number of alkyl halides is 3. The van der Waals surface area contributed by atoms with E-state index >= 15 is 0 Å². The molecule has 7 heteroatoms. The summed E-state index contributed by atoms with van der Waals surface area (Å²) in [5.74, 6) is 4.63. The maximum atomic E-state index is 12.7. The average molecular weight is 261 g/mol. The van der Waals surface area contributed by atoms with Gasteiger partial charge in [-0.3, -0.25) is 14.8 Å². The third-order valence-electron chi connectivity index (χ3n) is 2.18. The summed E-state index contributed by atoms with van der Waals surface area (Å²) < 4.78 is 38.1. The van der Waals surface area contributed by atoms with E-state index in [1.807, 2.05) is 0 Å². The van der Waals surface area contributed by atoms with Crippen LogP contribution in [0.5, 0.6) is 0 Å². The van der Waals surface area contributed by atoms with Gasteiger partial charge in [-0.2, -0.15) is 13.2 Å². The van der Waals surface area contributed by atoms with Crippen LogP contribution in [0.25, 0.3) is 0 Å². The summed E-state index contributed by atoms with van der Waals surface area (Å²) in [4.78, 5) is 15.3. The molecule has 1 aromatic heterocycles. The minimum absolute atomic E-state index is 0.0601. The van der Waals surface area contributed by atoms with Gasteiger partial charge in [0, 0.05) is 18.9 Å². The second kappa shape index (κ2) is 5.34. The molecular formula is C11H14F3N3O. The Labute approximate surface area is 103 Å². The van der Waals surface area contributed by atoms with Crippen molar-refractivity contribution in [2.45, 2.75) is 20.0 Å². The topological polar surface area (TPSA) is 59.2 Å². The van der Waals surface area contributed by atoms with Crippen molar-refractivity contribution < 1.29 is 18.0 Å². The number of halogens is 3. The lowest BCUT2D eigenvalue weighted by atomic mass is 10.1. The Morgan fingerprint density at radius 1 is 1.50 bits per heavy atom. The minimum atomic E-state index is -4.60. The van der Waals surface area contributed by atoms with Gasteiger partial charge in [-0.1, -0.05) is 13.8 Å². The monoisotopic (exact) mass is 261 g/mol. The molecule has 0 fully saturated rings. The Morgan fingerprint density at radius 3 is 2.61 bits per heavy atom. The van der Waals surface area contributed by atoms with Gasteiger partial charge in [-0.05, 0) is 12.0 Å². The molecular weight excluding hydrogens is 247 g/mol. The normalized spacial score (nSPS) is 11.7. The lowest BCUT2D eigenvalue weighted by Crippen LogP contribution is -2.40. The SMILES string of the molecule is CC(C)CN(N)C(=O)c1cnccc1C(F)(F)F. The van der Waals surface area contributed by atoms with Crippen LogP contribution in [0, 0.1) is 5.92 Å². The van der Waals surface area contributed by atoms with Crippen LogP contribution in [0.15, 0.2) is 18.5 Å². The third-order valence-corrected chi connectivity index (χ3v) is 2.18. The van der Waals surface area contributed by atoms with E-state index in [1.54, 1.807) is 13.8 Å². The Hall–Kier alpha value is -1.63. The fourth-order valence-electron chi connectivity index (χ4n) is 1.44. The van der Waals surface area contributed by atoms with Crippen molar-refractivity contribution in [3.8, 4) is 0 Å². The van der Waals surface area contributed by atoms with Gasteiger partial charge < -0.3 is 0 Å². The quantitative estimate of drug-likeness (QED) is 0.515. The highest BCUT2D eigenvalue weighted by atomic mass is 19.4. The van der Waals surface area contributed by atoms with E-state index in [1.165, 1.54) is 0 Å². The molecule has 1 rings (SSSR count). The number of hydrazine groups is 1. The standard InChI is InChI=1S/C11H14F3N3O/c1-7(2)6-17(15)10(18)8-5-16-4-3-9(8)11(12,13)14/h3-5,7H,6,15H2,1-2H3. The van der Waals surface area contributed by atoms with Crippen molar-refractivity contribution in [1.29, 1.82) is 0 Å². The molecule has 0 saturated heterocycles. The predicted octanol–water partition coefficient (Wildman–Crippen LogP) is 2.07. The molecule has 1 amide bonds. The van der Waals surface area contributed by atoms with Gasteiger partial charge in [0.15, 0.2) is 0 Å². The second-order valence-electron chi connectivity index (χ2n) is 4.27. The molecule has 0 aliphatic heterocycles. The Kier molecular flexibility index (Phi) is 4.28. The number of pyridine rings is 1. The maximum absolute atomic E-state index is 12.7. The molecule has 0 radical (unpaired) electrons. The number of aromatic nitrogens is 1. The van der Waals surface area contributed by atoms with E-state index in [9.17, 15) is 18.0 Å². The third kappa shape index (κ3) is 3.43. The highest BCUT2D eigenvalue weighted by Gasteiger charge is 2.36. The molecule has 0 unspecified atom stereocenters. The number of hydrogen-bond donors (Lipinski definition) is 1. The van der Waals surface area contributed by atoms with Crippen LogP contribution in [0.1, 0.15) is 29.8 Å². The first-order chi connectivity index (χ1) is 8.23. The number of amides is 1. The zero-order chi connectivity index (χ0) is 13.9. The molecule has 18 heavy (non-hydrogen) atoms. The summed E-state index contributed by atoms with van der Waals surface area (Å²) in [6.07, 6.45) is -2.74. The van der Waals surface area contributed by atoms with E-state index in [2.05, 4.69) is 4.98 Å². The number of rotatable bonds is 3. The van der Waals surface area contributed by atoms with Crippen LogP contribution in [0.2, 0.25) is 0 Å². The molecule has 1 aromatic rings. The molecule has 0 saturated carbocycles. The highest BCUT2D eigenvalue weighted by molar-refractivity contribution is 5.95. The van der Waals surface area contributed by atoms with E-state index < -0.39 is 23.2 Å². The van der Waals surface area contributed by atoms with Crippen molar-refractivity contribution in [2.75, 3.05) is 6.54 Å². The first-order valence-electron chi connectivity index (χ1n) is 5.31. The van der Waals surface area contributed by atoms with Gasteiger partial charge in [0.1, 0.15) is 0 Å². The number of hydrogen-bond acceptors (Lipinski definition) is 3. The Morgan fingerprint density at radius 2 is 2.11 bits per heavy atom. The molecule has 0 bridgehead atoms. The Balaban J connectivity index is 3.06. The zero-order valence-corrected chi connectivity index (χ0v) is 10.0. The van der Waals surface area contributed by atoms with Crippen LogP contribution < -0.4 is 5.84 Å². The van der Waals surface area contributed by atoms with E-state index in [-0.39, 0.29) is 12.5 Å². The second-order valence-corrected chi connectivity index (χ2v) is 4.27. The van der Waals surface area contributed by atoms with Gasteiger partial charge in [0.2, 0.25) is 0 Å². The maximum Gasteiger partial charge on any atom is 0.417 e. The van der Waals surface area contributed by atoms with Crippen LogP contribution in [0.4, 0.5) is 13.2 Å². The van der Waals surface area contributed by atoms with Crippen molar-refractivity contribution in [3.05, 3.63) is 29.6 Å². The summed E-state index contributed by atoms with van der Waals surface area (Å²) in [6.45, 7) is 3.78. The molecule has 1 heterocycles. The molecule has 0 spiro atoms. The van der Waals surface area contributed by atoms with Crippen molar-refractivity contribution in [2.24, 2.45) is 11.8 Å². The summed E-state index contributed by atoms with van der Waals surface area (Å²) >= 11 is 0. The van der Waals surface area contributed by atoms with Gasteiger partial charge in [0.05, 0.1) is 11.1 Å². The van der Waals surface area contributed by atoms with Crippen molar-refractivity contribution in [1.82, 2.24) is 9.99 Å². The number of carbonyl (C=O) groups is 1. The predicted molar refractivity (Wildman–Crippen MR) is 59.3 cm³/mol. The van der Waals surface area contributed by atoms with Gasteiger partial charge in [-0.15, -0.1) is 0 Å². The summed E-state index contributed by atoms with van der Waals surface area (Å²) in [6, 6.07) is 0.760. The van der Waals surface area contributed by atoms with Crippen LogP contribution in [-0.2, 0) is 6.18 Å². The zero-order valence-electron chi connectivity index (χ0n) is 10.0. The fraction of sp³-hybridized carbons (Fsp3) is 0.455. The van der Waals surface area contributed by atoms with Gasteiger partial charge in [-0.25, -0.2) is 5.84 Å². The molecule has 4 nitrogen and oxygen atoms in total. The smallest absolute Gasteiger partial charge is 0.276 e. The molecule has 0 atom stereocenters. The Bertz CT molecular complexity index is 432. The molecule has 2 N–H and O–H groups in total. The van der Waals surface area contributed by atoms with E-state index in [0.717, 1.165) is 23.5 Å². The minimum Gasteiger partial charge on any atom is -0.276 e. The summed E-state index contributed by atoms with van der Waals surface area (Å²) in [5.41, 5.74) is -1.56. The molecule has 0 aliphatic carbocycles. The first-order valence-corrected chi connectivity index (χ1v) is 5.31. The lowest BCUT2D eigenvalue weighted by Gasteiger charge is -2.20. The van der Waals surface area contributed by atoms with E-state index in [0.29, 0.717) is 0 Å². The van der Waals surface area contributed by atoms with E-state index in [4.69, 9.17) is 5.84 Å². The average Bonchev–Trinajstić information content (AvgIpc) is 2.26. The van der Waals surface area contributed by atoms with Crippen molar-refractivity contribution in [3.63, 3.8) is 0 Å². The number of nitrogens with two attached hydrogens (primary N) is 1. The number of nitrogens with zero attached hydrogens (tertiary/aromatic N) is 2. The molecule has 100 valence electrons. The largest absolute Gasteiger partial charge is 0.417 e. The fourth-order valence-corrected chi connectivity index (χ4v) is 1.44. The summed E-state index contributed by atoms with van der Waals surface area (Å²) in [5, 5.41) is 0.775. The molecule has 0 aliphatic rings. The number of carbonyl (C=O) groups excluding carboxylic acids is 1.